The minimum atomic E-state index is -0.773. The van der Waals surface area contributed by atoms with Crippen LogP contribution in [0.3, 0.4) is 0 Å². The summed E-state index contributed by atoms with van der Waals surface area (Å²) < 4.78 is 6.88. The summed E-state index contributed by atoms with van der Waals surface area (Å²) >= 11 is 0. The van der Waals surface area contributed by atoms with Gasteiger partial charge in [0.25, 0.3) is 5.91 Å². The zero-order chi connectivity index (χ0) is 27.2. The predicted octanol–water partition coefficient (Wildman–Crippen LogP) is 2.96. The second kappa shape index (κ2) is 11.3. The monoisotopic (exact) mass is 515 g/mol. The molecule has 0 aliphatic rings. The highest BCUT2D eigenvalue weighted by atomic mass is 16.5. The van der Waals surface area contributed by atoms with Gasteiger partial charge in [-0.2, -0.15) is 0 Å². The highest BCUT2D eigenvalue weighted by Gasteiger charge is 2.25. The van der Waals surface area contributed by atoms with Gasteiger partial charge in [-0.25, -0.2) is 4.98 Å². The SMILES string of the molecule is COc1ccc(NC(=O)c2ccc3c(c2)nc(-c2cccc(O)c2)n3[C@@H](CCCNC(=N)N)C(N)=O)cc1. The number of nitrogens with one attached hydrogen (secondary N) is 3. The Morgan fingerprint density at radius 1 is 1.11 bits per heavy atom. The van der Waals surface area contributed by atoms with Crippen molar-refractivity contribution in [2.75, 3.05) is 19.0 Å². The van der Waals surface area contributed by atoms with Crippen LogP contribution in [0.25, 0.3) is 22.4 Å². The molecule has 0 fully saturated rings. The van der Waals surface area contributed by atoms with Gasteiger partial charge >= 0.3 is 0 Å². The number of hydrogen-bond donors (Lipinski definition) is 6. The Bertz CT molecular complexity index is 1480. The van der Waals surface area contributed by atoms with E-state index in [-0.39, 0.29) is 17.6 Å². The van der Waals surface area contributed by atoms with E-state index in [1.54, 1.807) is 72.3 Å². The molecule has 0 saturated heterocycles. The van der Waals surface area contributed by atoms with Gasteiger partial charge < -0.3 is 36.5 Å². The molecule has 11 heteroatoms. The molecular weight excluding hydrogens is 486 g/mol. The molecule has 4 aromatic rings. The quantitative estimate of drug-likeness (QED) is 0.107. The van der Waals surface area contributed by atoms with Crippen LogP contribution in [-0.2, 0) is 4.79 Å². The molecule has 0 aliphatic heterocycles. The highest BCUT2D eigenvalue weighted by Crippen LogP contribution is 2.32. The number of ether oxygens (including phenoxy) is 1. The van der Waals surface area contributed by atoms with Gasteiger partial charge in [0.1, 0.15) is 23.4 Å². The maximum absolute atomic E-state index is 13.0. The summed E-state index contributed by atoms with van der Waals surface area (Å²) in [4.78, 5) is 30.3. The lowest BCUT2D eigenvalue weighted by molar-refractivity contribution is -0.121. The maximum atomic E-state index is 13.0. The van der Waals surface area contributed by atoms with Crippen LogP contribution in [-0.4, -0.2) is 46.1 Å². The average molecular weight is 516 g/mol. The van der Waals surface area contributed by atoms with Crippen LogP contribution < -0.4 is 26.8 Å². The van der Waals surface area contributed by atoms with Crippen molar-refractivity contribution in [3.8, 4) is 22.9 Å². The zero-order valence-corrected chi connectivity index (χ0v) is 20.8. The number of guanidine groups is 1. The Balaban J connectivity index is 1.72. The number of phenols is 1. The van der Waals surface area contributed by atoms with E-state index in [9.17, 15) is 14.7 Å². The van der Waals surface area contributed by atoms with Crippen molar-refractivity contribution in [1.82, 2.24) is 14.9 Å². The predicted molar refractivity (Wildman–Crippen MR) is 145 cm³/mol. The smallest absolute Gasteiger partial charge is 0.255 e. The molecular formula is C27H29N7O4. The van der Waals surface area contributed by atoms with Crippen LogP contribution in [0, 0.1) is 5.41 Å². The first-order valence-electron chi connectivity index (χ1n) is 11.9. The van der Waals surface area contributed by atoms with Crippen molar-refractivity contribution in [3.63, 3.8) is 0 Å². The van der Waals surface area contributed by atoms with E-state index in [1.807, 2.05) is 0 Å². The molecule has 1 aromatic heterocycles. The second-order valence-electron chi connectivity index (χ2n) is 8.64. The maximum Gasteiger partial charge on any atom is 0.255 e. The third kappa shape index (κ3) is 5.84. The van der Waals surface area contributed by atoms with Gasteiger partial charge in [0.05, 0.1) is 18.1 Å². The van der Waals surface area contributed by atoms with Gasteiger partial charge in [-0.05, 0) is 67.4 Å². The van der Waals surface area contributed by atoms with Crippen molar-refractivity contribution in [2.24, 2.45) is 11.5 Å². The molecule has 38 heavy (non-hydrogen) atoms. The topological polar surface area (TPSA) is 181 Å². The molecule has 0 unspecified atom stereocenters. The largest absolute Gasteiger partial charge is 0.508 e. The fraction of sp³-hybridized carbons (Fsp3) is 0.185. The molecule has 0 saturated carbocycles. The summed E-state index contributed by atoms with van der Waals surface area (Å²) in [5.74, 6) is 0.0983. The molecule has 1 atom stereocenters. The molecule has 8 N–H and O–H groups in total. The Morgan fingerprint density at radius 2 is 1.87 bits per heavy atom. The summed E-state index contributed by atoms with van der Waals surface area (Å²) in [5.41, 5.74) is 13.8. The van der Waals surface area contributed by atoms with Crippen LogP contribution in [0.5, 0.6) is 11.5 Å². The number of anilines is 1. The van der Waals surface area contributed by atoms with Crippen LogP contribution in [0.1, 0.15) is 29.2 Å². The number of amides is 2. The van der Waals surface area contributed by atoms with Crippen molar-refractivity contribution in [1.29, 1.82) is 5.41 Å². The van der Waals surface area contributed by atoms with Crippen molar-refractivity contribution < 1.29 is 19.4 Å². The van der Waals surface area contributed by atoms with Crippen LogP contribution >= 0.6 is 0 Å². The third-order valence-electron chi connectivity index (χ3n) is 6.01. The summed E-state index contributed by atoms with van der Waals surface area (Å²) in [7, 11) is 1.57. The van der Waals surface area contributed by atoms with Gasteiger partial charge in [0, 0.05) is 23.4 Å². The highest BCUT2D eigenvalue weighted by molar-refractivity contribution is 6.06. The third-order valence-corrected chi connectivity index (χ3v) is 6.01. The first kappa shape index (κ1) is 26.0. The van der Waals surface area contributed by atoms with Crippen LogP contribution in [0.4, 0.5) is 5.69 Å². The van der Waals surface area contributed by atoms with E-state index in [2.05, 4.69) is 10.6 Å². The number of phenolic OH excluding ortho intramolecular Hbond substituents is 1. The van der Waals surface area contributed by atoms with Crippen molar-refractivity contribution in [3.05, 3.63) is 72.3 Å². The van der Waals surface area contributed by atoms with E-state index >= 15 is 0 Å². The molecule has 196 valence electrons. The Kier molecular flexibility index (Phi) is 7.76. The van der Waals surface area contributed by atoms with Gasteiger partial charge in [-0.15, -0.1) is 0 Å². The number of fused-ring (bicyclic) bond motifs is 1. The number of aromatic hydroxyl groups is 1. The molecule has 0 radical (unpaired) electrons. The molecule has 4 rings (SSSR count). The van der Waals surface area contributed by atoms with Crippen LogP contribution in [0.2, 0.25) is 0 Å². The number of carbonyl (C=O) groups is 2. The number of nitrogens with zero attached hydrogens (tertiary/aromatic N) is 2. The second-order valence-corrected chi connectivity index (χ2v) is 8.64. The molecule has 0 aliphatic carbocycles. The summed E-state index contributed by atoms with van der Waals surface area (Å²) in [6.45, 7) is 0.392. The molecule has 0 spiro atoms. The number of hydrogen-bond acceptors (Lipinski definition) is 6. The van der Waals surface area contributed by atoms with Crippen molar-refractivity contribution >= 4 is 34.5 Å². The molecule has 1 heterocycles. The minimum absolute atomic E-state index is 0.0435. The standard InChI is InChI=1S/C27H29N7O4/c1-38-20-10-8-18(9-11-20)32-26(37)17-7-12-22-21(15-17)33-25(16-4-2-5-19(35)14-16)34(22)23(24(28)36)6-3-13-31-27(29)30/h2,4-5,7-12,14-15,23,35H,3,6,13H2,1H3,(H2,28,36)(H,32,37)(H4,29,30,31)/t23-/m0/s1. The Labute approximate surface area is 218 Å². The number of methoxy groups -OCH3 is 1. The van der Waals surface area contributed by atoms with E-state index < -0.39 is 11.9 Å². The van der Waals surface area contributed by atoms with E-state index in [1.165, 1.54) is 6.07 Å². The van der Waals surface area contributed by atoms with Gasteiger partial charge in [-0.3, -0.25) is 15.0 Å². The first-order chi connectivity index (χ1) is 18.3. The lowest BCUT2D eigenvalue weighted by Gasteiger charge is -2.19. The number of nitrogens with two attached hydrogens (primary N) is 2. The lowest BCUT2D eigenvalue weighted by Crippen LogP contribution is -2.32. The normalized spacial score (nSPS) is 11.6. The lowest BCUT2D eigenvalue weighted by atomic mass is 10.1. The summed E-state index contributed by atoms with van der Waals surface area (Å²) in [5, 5.41) is 23.0. The molecule has 11 nitrogen and oxygen atoms in total. The average Bonchev–Trinajstić information content (AvgIpc) is 3.27. The summed E-state index contributed by atoms with van der Waals surface area (Å²) in [6, 6.07) is 17.8. The zero-order valence-electron chi connectivity index (χ0n) is 20.8. The van der Waals surface area contributed by atoms with Crippen molar-refractivity contribution in [2.45, 2.75) is 18.9 Å². The Morgan fingerprint density at radius 3 is 2.53 bits per heavy atom. The summed E-state index contributed by atoms with van der Waals surface area (Å²) in [6.07, 6.45) is 0.862. The van der Waals surface area contributed by atoms with E-state index in [0.29, 0.717) is 58.8 Å². The fourth-order valence-electron chi connectivity index (χ4n) is 4.20. The number of aromatic nitrogens is 2. The van der Waals surface area contributed by atoms with E-state index in [4.69, 9.17) is 26.6 Å². The minimum Gasteiger partial charge on any atom is -0.508 e. The molecule has 2 amide bonds. The number of rotatable bonds is 10. The first-order valence-corrected chi connectivity index (χ1v) is 11.9. The molecule has 0 bridgehead atoms. The number of carbonyl (C=O) groups excluding carboxylic acids is 2. The van der Waals surface area contributed by atoms with Gasteiger partial charge in [0.15, 0.2) is 5.96 Å². The number of imidazole rings is 1. The molecule has 3 aromatic carbocycles. The van der Waals surface area contributed by atoms with Gasteiger partial charge in [0.2, 0.25) is 5.91 Å². The van der Waals surface area contributed by atoms with E-state index in [0.717, 1.165) is 0 Å². The fourth-order valence-corrected chi connectivity index (χ4v) is 4.20. The Hall–Kier alpha value is -5.06. The van der Waals surface area contributed by atoms with Gasteiger partial charge in [-0.1, -0.05) is 12.1 Å². The number of primary amides is 1. The van der Waals surface area contributed by atoms with Crippen LogP contribution in [0.15, 0.2) is 66.7 Å². The number of benzene rings is 3.